The lowest BCUT2D eigenvalue weighted by Crippen LogP contribution is -2.14. The molecule has 1 heterocycles. The maximum absolute atomic E-state index is 13.5. The van der Waals surface area contributed by atoms with E-state index in [1.54, 1.807) is 17.5 Å². The van der Waals surface area contributed by atoms with Crippen molar-refractivity contribution in [2.24, 2.45) is 0 Å². The Morgan fingerprint density at radius 3 is 2.70 bits per heavy atom. The van der Waals surface area contributed by atoms with Crippen molar-refractivity contribution in [2.75, 3.05) is 17.7 Å². The molecular formula is C13H11FN2O3S. The molecule has 0 unspecified atom stereocenters. The van der Waals surface area contributed by atoms with E-state index in [1.165, 1.54) is 30.6 Å². The van der Waals surface area contributed by atoms with Gasteiger partial charge in [0.05, 0.1) is 17.7 Å². The number of thiophene rings is 1. The Bertz CT molecular complexity index is 629. The molecule has 7 heteroatoms. The molecule has 0 saturated heterocycles. The molecule has 5 nitrogen and oxygen atoms in total. The van der Waals surface area contributed by atoms with E-state index in [-0.39, 0.29) is 11.6 Å². The summed E-state index contributed by atoms with van der Waals surface area (Å²) in [6.07, 6.45) is -0.786. The molecule has 2 rings (SSSR count). The fraction of sp³-hybridized carbons (Fsp3) is 0.0769. The molecule has 1 aromatic heterocycles. The quantitative estimate of drug-likeness (QED) is 0.912. The Kier molecular flexibility index (Phi) is 4.31. The summed E-state index contributed by atoms with van der Waals surface area (Å²) < 4.78 is 17.9. The molecule has 0 aliphatic rings. The highest BCUT2D eigenvalue weighted by molar-refractivity contribution is 7.12. The lowest BCUT2D eigenvalue weighted by Gasteiger charge is -2.08. The lowest BCUT2D eigenvalue weighted by molar-refractivity contribution is 0.103. The number of anilines is 2. The van der Waals surface area contributed by atoms with Crippen LogP contribution < -0.4 is 10.6 Å². The number of carbonyl (C=O) groups excluding carboxylic acids is 2. The first kappa shape index (κ1) is 14.0. The smallest absolute Gasteiger partial charge is 0.411 e. The van der Waals surface area contributed by atoms with E-state index in [0.29, 0.717) is 10.6 Å². The summed E-state index contributed by atoms with van der Waals surface area (Å²) in [4.78, 5) is 23.5. The van der Waals surface area contributed by atoms with Crippen LogP contribution in [0, 0.1) is 5.82 Å². The largest absolute Gasteiger partial charge is 0.453 e. The third kappa shape index (κ3) is 3.33. The highest BCUT2D eigenvalue weighted by Gasteiger charge is 2.11. The summed E-state index contributed by atoms with van der Waals surface area (Å²) in [6, 6.07) is 7.31. The van der Waals surface area contributed by atoms with Crippen LogP contribution in [0.5, 0.6) is 0 Å². The van der Waals surface area contributed by atoms with Crippen molar-refractivity contribution in [1.29, 1.82) is 0 Å². The lowest BCUT2D eigenvalue weighted by atomic mass is 10.2. The fourth-order valence-electron chi connectivity index (χ4n) is 1.46. The van der Waals surface area contributed by atoms with Gasteiger partial charge in [0.2, 0.25) is 0 Å². The third-order valence-corrected chi connectivity index (χ3v) is 3.26. The number of nitrogens with one attached hydrogen (secondary N) is 2. The summed E-state index contributed by atoms with van der Waals surface area (Å²) in [5.74, 6) is -0.917. The van der Waals surface area contributed by atoms with Crippen molar-refractivity contribution in [3.63, 3.8) is 0 Å². The van der Waals surface area contributed by atoms with Crippen LogP contribution in [-0.4, -0.2) is 19.1 Å². The number of benzene rings is 1. The van der Waals surface area contributed by atoms with Crippen LogP contribution in [0.25, 0.3) is 0 Å². The predicted octanol–water partition coefficient (Wildman–Crippen LogP) is 3.32. The van der Waals surface area contributed by atoms with Gasteiger partial charge in [0.25, 0.3) is 5.91 Å². The van der Waals surface area contributed by atoms with Gasteiger partial charge in [-0.3, -0.25) is 10.1 Å². The molecule has 0 fully saturated rings. The molecule has 0 bridgehead atoms. The molecular weight excluding hydrogens is 283 g/mol. The zero-order valence-electron chi connectivity index (χ0n) is 10.5. The Hall–Kier alpha value is -2.41. The third-order valence-electron chi connectivity index (χ3n) is 2.39. The molecule has 0 aliphatic heterocycles. The van der Waals surface area contributed by atoms with E-state index in [2.05, 4.69) is 15.4 Å². The van der Waals surface area contributed by atoms with Gasteiger partial charge in [0.15, 0.2) is 0 Å². The zero-order valence-corrected chi connectivity index (χ0v) is 11.3. The number of hydrogen-bond acceptors (Lipinski definition) is 4. The number of amides is 2. The van der Waals surface area contributed by atoms with Crippen LogP contribution in [0.2, 0.25) is 0 Å². The van der Waals surface area contributed by atoms with Gasteiger partial charge in [-0.1, -0.05) is 6.07 Å². The number of rotatable bonds is 3. The summed E-state index contributed by atoms with van der Waals surface area (Å²) in [5.41, 5.74) is 0.303. The van der Waals surface area contributed by atoms with E-state index in [1.807, 2.05) is 0 Å². The minimum absolute atomic E-state index is 0.0687. The summed E-state index contributed by atoms with van der Waals surface area (Å²) in [5, 5.41) is 6.62. The minimum Gasteiger partial charge on any atom is -0.453 e. The molecule has 2 aromatic rings. The molecule has 104 valence electrons. The van der Waals surface area contributed by atoms with E-state index < -0.39 is 11.9 Å². The Morgan fingerprint density at radius 2 is 2.05 bits per heavy atom. The molecule has 0 radical (unpaired) electrons. The van der Waals surface area contributed by atoms with Crippen LogP contribution in [0.3, 0.4) is 0 Å². The van der Waals surface area contributed by atoms with Crippen LogP contribution in [0.1, 0.15) is 9.67 Å². The Labute approximate surface area is 118 Å². The second kappa shape index (κ2) is 6.16. The molecule has 0 spiro atoms. The second-order valence-electron chi connectivity index (χ2n) is 3.74. The van der Waals surface area contributed by atoms with Crippen molar-refractivity contribution in [3.05, 3.63) is 46.4 Å². The standard InChI is InChI=1S/C13H11FN2O3S/c1-19-13(18)16-10-7-8(4-5-9(10)14)15-12(17)11-3-2-6-20-11/h2-7H,1H3,(H,15,17)(H,16,18). The minimum atomic E-state index is -0.786. The van der Waals surface area contributed by atoms with Gasteiger partial charge in [0, 0.05) is 5.69 Å². The van der Waals surface area contributed by atoms with Gasteiger partial charge in [-0.2, -0.15) is 0 Å². The second-order valence-corrected chi connectivity index (χ2v) is 4.69. The van der Waals surface area contributed by atoms with Crippen molar-refractivity contribution >= 4 is 34.7 Å². The number of methoxy groups -OCH3 is 1. The van der Waals surface area contributed by atoms with Crippen LogP contribution >= 0.6 is 11.3 Å². The van der Waals surface area contributed by atoms with Crippen molar-refractivity contribution < 1.29 is 18.7 Å². The van der Waals surface area contributed by atoms with E-state index >= 15 is 0 Å². The average molecular weight is 294 g/mol. The zero-order chi connectivity index (χ0) is 14.5. The molecule has 0 saturated carbocycles. The summed E-state index contributed by atoms with van der Waals surface area (Å²) in [6.45, 7) is 0. The maximum atomic E-state index is 13.5. The molecule has 2 N–H and O–H groups in total. The number of carbonyl (C=O) groups is 2. The van der Waals surface area contributed by atoms with Gasteiger partial charge in [-0.05, 0) is 29.6 Å². The molecule has 0 atom stereocenters. The van der Waals surface area contributed by atoms with Gasteiger partial charge in [-0.15, -0.1) is 11.3 Å². The summed E-state index contributed by atoms with van der Waals surface area (Å²) in [7, 11) is 1.18. The van der Waals surface area contributed by atoms with Crippen LogP contribution in [-0.2, 0) is 4.74 Å². The fourth-order valence-corrected chi connectivity index (χ4v) is 2.08. The molecule has 2 amide bonds. The van der Waals surface area contributed by atoms with Crippen molar-refractivity contribution in [3.8, 4) is 0 Å². The molecule has 0 aliphatic carbocycles. The number of ether oxygens (including phenoxy) is 1. The number of halogens is 1. The summed E-state index contributed by atoms with van der Waals surface area (Å²) >= 11 is 1.30. The van der Waals surface area contributed by atoms with Crippen LogP contribution in [0.15, 0.2) is 35.7 Å². The first-order valence-corrected chi connectivity index (χ1v) is 6.47. The molecule has 20 heavy (non-hydrogen) atoms. The normalized spacial score (nSPS) is 9.90. The highest BCUT2D eigenvalue weighted by atomic mass is 32.1. The van der Waals surface area contributed by atoms with Gasteiger partial charge in [-0.25, -0.2) is 9.18 Å². The average Bonchev–Trinajstić information content (AvgIpc) is 2.96. The van der Waals surface area contributed by atoms with Gasteiger partial charge >= 0.3 is 6.09 Å². The predicted molar refractivity (Wildman–Crippen MR) is 74.7 cm³/mol. The Morgan fingerprint density at radius 1 is 1.25 bits per heavy atom. The number of hydrogen-bond donors (Lipinski definition) is 2. The Balaban J connectivity index is 2.15. The first-order chi connectivity index (χ1) is 9.60. The maximum Gasteiger partial charge on any atom is 0.411 e. The van der Waals surface area contributed by atoms with Gasteiger partial charge < -0.3 is 10.1 Å². The monoisotopic (exact) mass is 294 g/mol. The van der Waals surface area contributed by atoms with E-state index in [9.17, 15) is 14.0 Å². The van der Waals surface area contributed by atoms with Crippen LogP contribution in [0.4, 0.5) is 20.6 Å². The first-order valence-electron chi connectivity index (χ1n) is 5.59. The molecule has 1 aromatic carbocycles. The van der Waals surface area contributed by atoms with Crippen molar-refractivity contribution in [1.82, 2.24) is 0 Å². The van der Waals surface area contributed by atoms with E-state index in [4.69, 9.17) is 0 Å². The SMILES string of the molecule is COC(=O)Nc1cc(NC(=O)c2cccs2)ccc1F. The van der Waals surface area contributed by atoms with Crippen molar-refractivity contribution in [2.45, 2.75) is 0 Å². The highest BCUT2D eigenvalue weighted by Crippen LogP contribution is 2.21. The topological polar surface area (TPSA) is 67.4 Å². The van der Waals surface area contributed by atoms with E-state index in [0.717, 1.165) is 6.07 Å². The van der Waals surface area contributed by atoms with Gasteiger partial charge in [0.1, 0.15) is 5.82 Å².